The van der Waals surface area contributed by atoms with Crippen LogP contribution in [0.5, 0.6) is 5.75 Å². The number of hydrogen-bond donors (Lipinski definition) is 1. The van der Waals surface area contributed by atoms with Crippen LogP contribution < -0.4 is 4.74 Å². The van der Waals surface area contributed by atoms with Gasteiger partial charge in [-0.25, -0.2) is 0 Å². The standard InChI is InChI=1S/C28H48O3/c1-2-3-4-5-6-7-8-9-10-11-12-13-14-15-16-17-25-31-27-23-21-26(22-24-27)19-18-20-28(29)30/h21-24H,2-20,25H2,1H3,(H,29,30). The third-order valence-electron chi connectivity index (χ3n) is 6.05. The molecule has 3 heteroatoms. The average molecular weight is 433 g/mol. The predicted molar refractivity (Wildman–Crippen MR) is 132 cm³/mol. The molecular formula is C28H48O3. The lowest BCUT2D eigenvalue weighted by Crippen LogP contribution is -1.98. The smallest absolute Gasteiger partial charge is 0.303 e. The van der Waals surface area contributed by atoms with Crippen molar-refractivity contribution in [1.82, 2.24) is 0 Å². The largest absolute Gasteiger partial charge is 0.494 e. The molecule has 0 unspecified atom stereocenters. The summed E-state index contributed by atoms with van der Waals surface area (Å²) in [6.45, 7) is 3.07. The van der Waals surface area contributed by atoms with Crippen LogP contribution in [0, 0.1) is 0 Å². The fourth-order valence-corrected chi connectivity index (χ4v) is 4.04. The Balaban J connectivity index is 1.83. The van der Waals surface area contributed by atoms with Crippen molar-refractivity contribution in [2.75, 3.05) is 6.61 Å². The van der Waals surface area contributed by atoms with Crippen LogP contribution in [0.1, 0.15) is 128 Å². The SMILES string of the molecule is CCCCCCCCCCCCCCCCCCOc1ccc(CCCC(=O)O)cc1. The van der Waals surface area contributed by atoms with Gasteiger partial charge in [0.1, 0.15) is 5.75 Å². The summed E-state index contributed by atoms with van der Waals surface area (Å²) >= 11 is 0. The zero-order valence-electron chi connectivity index (χ0n) is 20.2. The lowest BCUT2D eigenvalue weighted by atomic mass is 10.0. The molecule has 0 aromatic heterocycles. The fourth-order valence-electron chi connectivity index (χ4n) is 4.04. The molecule has 0 fully saturated rings. The van der Waals surface area contributed by atoms with E-state index in [0.717, 1.165) is 25.2 Å². The molecule has 178 valence electrons. The van der Waals surface area contributed by atoms with Gasteiger partial charge in [0, 0.05) is 6.42 Å². The van der Waals surface area contributed by atoms with Gasteiger partial charge in [-0.1, -0.05) is 115 Å². The molecule has 0 heterocycles. The van der Waals surface area contributed by atoms with E-state index in [0.29, 0.717) is 6.42 Å². The number of carboxylic acid groups (broad SMARTS) is 1. The molecule has 0 aliphatic rings. The van der Waals surface area contributed by atoms with Gasteiger partial charge in [-0.2, -0.15) is 0 Å². The molecule has 0 amide bonds. The number of carboxylic acids is 1. The zero-order chi connectivity index (χ0) is 22.4. The molecule has 1 aromatic rings. The maximum Gasteiger partial charge on any atom is 0.303 e. The third kappa shape index (κ3) is 17.8. The molecule has 0 aliphatic heterocycles. The van der Waals surface area contributed by atoms with E-state index < -0.39 is 5.97 Å². The van der Waals surface area contributed by atoms with Crippen LogP contribution in [-0.2, 0) is 11.2 Å². The molecule has 1 aromatic carbocycles. The van der Waals surface area contributed by atoms with E-state index in [9.17, 15) is 4.79 Å². The van der Waals surface area contributed by atoms with Crippen LogP contribution >= 0.6 is 0 Å². The summed E-state index contributed by atoms with van der Waals surface area (Å²) < 4.78 is 5.83. The van der Waals surface area contributed by atoms with Gasteiger partial charge in [0.05, 0.1) is 6.61 Å². The highest BCUT2D eigenvalue weighted by Gasteiger charge is 2.00. The Labute approximate surface area is 192 Å². The van der Waals surface area contributed by atoms with Gasteiger partial charge in [0.25, 0.3) is 0 Å². The van der Waals surface area contributed by atoms with Crippen molar-refractivity contribution >= 4 is 5.97 Å². The van der Waals surface area contributed by atoms with Gasteiger partial charge in [-0.3, -0.25) is 4.79 Å². The summed E-state index contributed by atoms with van der Waals surface area (Å²) in [7, 11) is 0. The van der Waals surface area contributed by atoms with Gasteiger partial charge in [0.2, 0.25) is 0 Å². The van der Waals surface area contributed by atoms with Crippen molar-refractivity contribution < 1.29 is 14.6 Å². The molecule has 0 saturated carbocycles. The second-order valence-corrected chi connectivity index (χ2v) is 9.04. The first kappa shape index (κ1) is 27.5. The van der Waals surface area contributed by atoms with Gasteiger partial charge in [0.15, 0.2) is 0 Å². The van der Waals surface area contributed by atoms with Gasteiger partial charge < -0.3 is 9.84 Å². The number of carbonyl (C=O) groups is 1. The molecule has 31 heavy (non-hydrogen) atoms. The van der Waals surface area contributed by atoms with Gasteiger partial charge in [-0.05, 0) is 37.0 Å². The van der Waals surface area contributed by atoms with Crippen molar-refractivity contribution in [2.24, 2.45) is 0 Å². The first-order chi connectivity index (χ1) is 15.2. The van der Waals surface area contributed by atoms with Crippen LogP contribution in [0.25, 0.3) is 0 Å². The molecule has 0 radical (unpaired) electrons. The quantitative estimate of drug-likeness (QED) is 0.186. The highest BCUT2D eigenvalue weighted by molar-refractivity contribution is 5.66. The van der Waals surface area contributed by atoms with Crippen molar-refractivity contribution in [2.45, 2.75) is 129 Å². The van der Waals surface area contributed by atoms with Crippen LogP contribution in [0.15, 0.2) is 24.3 Å². The van der Waals surface area contributed by atoms with Gasteiger partial charge >= 0.3 is 5.97 Å². The minimum absolute atomic E-state index is 0.234. The number of rotatable bonds is 22. The van der Waals surface area contributed by atoms with Gasteiger partial charge in [-0.15, -0.1) is 0 Å². The Bertz CT molecular complexity index is 524. The number of hydrogen-bond acceptors (Lipinski definition) is 2. The highest BCUT2D eigenvalue weighted by Crippen LogP contribution is 2.16. The fraction of sp³-hybridized carbons (Fsp3) is 0.750. The van der Waals surface area contributed by atoms with Crippen molar-refractivity contribution in [1.29, 1.82) is 0 Å². The Morgan fingerprint density at radius 2 is 1.13 bits per heavy atom. The number of benzene rings is 1. The Morgan fingerprint density at radius 1 is 0.677 bits per heavy atom. The molecular weight excluding hydrogens is 384 g/mol. The summed E-state index contributed by atoms with van der Waals surface area (Å²) in [5.41, 5.74) is 1.18. The normalized spacial score (nSPS) is 11.0. The second kappa shape index (κ2) is 20.4. The van der Waals surface area contributed by atoms with E-state index in [-0.39, 0.29) is 6.42 Å². The lowest BCUT2D eigenvalue weighted by molar-refractivity contribution is -0.137. The lowest BCUT2D eigenvalue weighted by Gasteiger charge is -2.07. The van der Waals surface area contributed by atoms with Crippen LogP contribution in [0.3, 0.4) is 0 Å². The van der Waals surface area contributed by atoms with E-state index in [2.05, 4.69) is 6.92 Å². The topological polar surface area (TPSA) is 46.5 Å². The van der Waals surface area contributed by atoms with Crippen molar-refractivity contribution in [3.05, 3.63) is 29.8 Å². The maximum atomic E-state index is 10.6. The molecule has 1 N–H and O–H groups in total. The molecule has 0 spiro atoms. The van der Waals surface area contributed by atoms with E-state index in [1.807, 2.05) is 24.3 Å². The molecule has 0 saturated heterocycles. The Hall–Kier alpha value is -1.51. The minimum atomic E-state index is -0.723. The average Bonchev–Trinajstić information content (AvgIpc) is 2.76. The zero-order valence-corrected chi connectivity index (χ0v) is 20.2. The van der Waals surface area contributed by atoms with E-state index in [4.69, 9.17) is 9.84 Å². The number of aliphatic carboxylic acids is 1. The second-order valence-electron chi connectivity index (χ2n) is 9.04. The molecule has 1 rings (SSSR count). The van der Waals surface area contributed by atoms with Crippen molar-refractivity contribution in [3.8, 4) is 5.75 Å². The summed E-state index contributed by atoms with van der Waals surface area (Å²) in [4.78, 5) is 10.6. The summed E-state index contributed by atoms with van der Waals surface area (Å²) in [5.74, 6) is 0.196. The van der Waals surface area contributed by atoms with Crippen LogP contribution in [0.4, 0.5) is 0 Å². The van der Waals surface area contributed by atoms with Crippen molar-refractivity contribution in [3.63, 3.8) is 0 Å². The maximum absolute atomic E-state index is 10.6. The third-order valence-corrected chi connectivity index (χ3v) is 6.05. The molecule has 0 aliphatic carbocycles. The summed E-state index contributed by atoms with van der Waals surface area (Å²) in [6, 6.07) is 8.10. The molecule has 3 nitrogen and oxygen atoms in total. The number of ether oxygens (including phenoxy) is 1. The Kier molecular flexibility index (Phi) is 18.1. The van der Waals surface area contributed by atoms with E-state index in [1.54, 1.807) is 0 Å². The van der Waals surface area contributed by atoms with Crippen LogP contribution in [0.2, 0.25) is 0 Å². The van der Waals surface area contributed by atoms with E-state index >= 15 is 0 Å². The van der Waals surface area contributed by atoms with E-state index in [1.165, 1.54) is 102 Å². The Morgan fingerprint density at radius 3 is 1.58 bits per heavy atom. The molecule has 0 atom stereocenters. The first-order valence-corrected chi connectivity index (χ1v) is 13.2. The highest BCUT2D eigenvalue weighted by atomic mass is 16.5. The number of unbranched alkanes of at least 4 members (excludes halogenated alkanes) is 15. The minimum Gasteiger partial charge on any atom is -0.494 e. The monoisotopic (exact) mass is 432 g/mol. The number of aryl methyl sites for hydroxylation is 1. The van der Waals surface area contributed by atoms with Crippen LogP contribution in [-0.4, -0.2) is 17.7 Å². The first-order valence-electron chi connectivity index (χ1n) is 13.2. The predicted octanol–water partition coefficient (Wildman–Crippen LogP) is 8.73. The summed E-state index contributed by atoms with van der Waals surface area (Å²) in [5, 5.41) is 8.69. The molecule has 0 bridgehead atoms. The summed E-state index contributed by atoms with van der Waals surface area (Å²) in [6.07, 6.45) is 23.9.